The van der Waals surface area contributed by atoms with Gasteiger partial charge in [0.15, 0.2) is 11.5 Å². The number of ether oxygens (including phenoxy) is 3. The Balaban J connectivity index is 1.53. The fourth-order valence-corrected chi connectivity index (χ4v) is 3.66. The molecule has 1 aromatic rings. The summed E-state index contributed by atoms with van der Waals surface area (Å²) in [6, 6.07) is 6.36. The smallest absolute Gasteiger partial charge is 0.231 e. The molecule has 0 radical (unpaired) electrons. The molecule has 0 spiro atoms. The molecule has 3 aliphatic heterocycles. The summed E-state index contributed by atoms with van der Waals surface area (Å²) in [5, 5.41) is 11.5. The largest absolute Gasteiger partial charge is 0.454 e. The summed E-state index contributed by atoms with van der Waals surface area (Å²) in [5.41, 5.74) is 4.84. The van der Waals surface area contributed by atoms with Gasteiger partial charge in [0, 0.05) is 54.7 Å². The van der Waals surface area contributed by atoms with Crippen molar-refractivity contribution in [1.29, 1.82) is 5.41 Å². The van der Waals surface area contributed by atoms with E-state index in [0.717, 1.165) is 65.8 Å². The summed E-state index contributed by atoms with van der Waals surface area (Å²) in [5.74, 6) is 1.56. The van der Waals surface area contributed by atoms with Gasteiger partial charge >= 0.3 is 0 Å². The minimum atomic E-state index is 0.274. The molecule has 0 amide bonds. The van der Waals surface area contributed by atoms with E-state index in [-0.39, 0.29) is 6.79 Å². The Morgan fingerprint density at radius 1 is 1.26 bits per heavy atom. The second-order valence-corrected chi connectivity index (χ2v) is 7.01. The predicted octanol–water partition coefficient (Wildman–Crippen LogP) is 3.32. The van der Waals surface area contributed by atoms with Crippen molar-refractivity contribution < 1.29 is 14.2 Å². The Hall–Kier alpha value is -2.73. The van der Waals surface area contributed by atoms with Crippen LogP contribution < -0.4 is 14.8 Å². The van der Waals surface area contributed by atoms with Crippen LogP contribution in [0, 0.1) is 5.41 Å². The number of nitrogens with zero attached hydrogens (tertiary/aromatic N) is 1. The van der Waals surface area contributed by atoms with Crippen LogP contribution in [0.15, 0.2) is 53.5 Å². The van der Waals surface area contributed by atoms with Crippen LogP contribution in [-0.4, -0.2) is 37.2 Å². The maximum atomic E-state index is 7.91. The average Bonchev–Trinajstić information content (AvgIpc) is 3.14. The molecule has 0 bridgehead atoms. The van der Waals surface area contributed by atoms with Crippen molar-refractivity contribution in [2.24, 2.45) is 0 Å². The average molecular weight is 367 g/mol. The Bertz CT molecular complexity index is 822. The fourth-order valence-electron chi connectivity index (χ4n) is 3.66. The first-order chi connectivity index (χ1) is 13.2. The predicted molar refractivity (Wildman–Crippen MR) is 104 cm³/mol. The van der Waals surface area contributed by atoms with E-state index in [1.165, 1.54) is 6.21 Å². The molecule has 1 fully saturated rings. The van der Waals surface area contributed by atoms with Crippen LogP contribution in [-0.2, 0) is 11.3 Å². The van der Waals surface area contributed by atoms with Gasteiger partial charge in [0.1, 0.15) is 0 Å². The highest BCUT2D eigenvalue weighted by Gasteiger charge is 2.24. The highest BCUT2D eigenvalue weighted by molar-refractivity contribution is 5.84. The lowest BCUT2D eigenvalue weighted by atomic mass is 10.0. The summed E-state index contributed by atoms with van der Waals surface area (Å²) in [6.45, 7) is 8.84. The molecule has 0 unspecified atom stereocenters. The lowest BCUT2D eigenvalue weighted by Crippen LogP contribution is -2.37. The Kier molecular flexibility index (Phi) is 4.90. The van der Waals surface area contributed by atoms with Gasteiger partial charge in [-0.1, -0.05) is 12.6 Å². The third-order valence-electron chi connectivity index (χ3n) is 5.21. The van der Waals surface area contributed by atoms with Gasteiger partial charge in [0.25, 0.3) is 0 Å². The Morgan fingerprint density at radius 2 is 2.04 bits per heavy atom. The van der Waals surface area contributed by atoms with Gasteiger partial charge in [0.2, 0.25) is 6.79 Å². The standard InChI is InChI=1S/C21H25N3O3/c1-14-9-19(23-17-5-7-25-8-6-17)18(11-22)15(2)24(14)12-16-3-4-20-21(10-16)27-13-26-20/h3-4,9-11,17,22-23H,2,5-8,12-13H2,1H3. The molecule has 1 aromatic carbocycles. The molecule has 3 aliphatic rings. The number of rotatable bonds is 5. The van der Waals surface area contributed by atoms with Crippen LogP contribution in [0.4, 0.5) is 0 Å². The second-order valence-electron chi connectivity index (χ2n) is 7.01. The zero-order chi connectivity index (χ0) is 18.8. The SMILES string of the molecule is C=C1C(C=N)=C(NC2CCOCC2)C=C(C)N1Cc1ccc2c(c1)OCO2. The number of fused-ring (bicyclic) bond motifs is 1. The number of allylic oxidation sites excluding steroid dienone is 3. The van der Waals surface area contributed by atoms with Crippen molar-refractivity contribution in [3.63, 3.8) is 0 Å². The Morgan fingerprint density at radius 3 is 2.81 bits per heavy atom. The zero-order valence-corrected chi connectivity index (χ0v) is 15.6. The van der Waals surface area contributed by atoms with Crippen molar-refractivity contribution in [3.8, 4) is 11.5 Å². The van der Waals surface area contributed by atoms with Gasteiger partial charge < -0.3 is 29.8 Å². The zero-order valence-electron chi connectivity index (χ0n) is 15.6. The van der Waals surface area contributed by atoms with E-state index in [1.54, 1.807) is 0 Å². The molecule has 0 atom stereocenters. The van der Waals surface area contributed by atoms with Gasteiger partial charge in [-0.25, -0.2) is 0 Å². The van der Waals surface area contributed by atoms with Crippen LogP contribution >= 0.6 is 0 Å². The molecule has 6 nitrogen and oxygen atoms in total. The molecule has 2 N–H and O–H groups in total. The number of nitrogens with one attached hydrogen (secondary N) is 2. The molecule has 3 heterocycles. The van der Waals surface area contributed by atoms with E-state index < -0.39 is 0 Å². The molecular weight excluding hydrogens is 342 g/mol. The van der Waals surface area contributed by atoms with Crippen LogP contribution in [0.5, 0.6) is 11.5 Å². The van der Waals surface area contributed by atoms with Crippen LogP contribution in [0.2, 0.25) is 0 Å². The van der Waals surface area contributed by atoms with Gasteiger partial charge in [-0.3, -0.25) is 0 Å². The number of benzene rings is 1. The molecule has 4 rings (SSSR count). The first-order valence-corrected chi connectivity index (χ1v) is 9.28. The molecule has 0 aromatic heterocycles. The van der Waals surface area contributed by atoms with Crippen molar-refractivity contribution in [3.05, 3.63) is 59.1 Å². The molecule has 27 heavy (non-hydrogen) atoms. The van der Waals surface area contributed by atoms with Crippen molar-refractivity contribution >= 4 is 6.21 Å². The molecule has 142 valence electrons. The summed E-state index contributed by atoms with van der Waals surface area (Å²) in [6.07, 6.45) is 5.46. The number of hydrogen-bond donors (Lipinski definition) is 2. The maximum absolute atomic E-state index is 7.91. The summed E-state index contributed by atoms with van der Waals surface area (Å²) in [4.78, 5) is 2.13. The Labute approximate surface area is 159 Å². The summed E-state index contributed by atoms with van der Waals surface area (Å²) < 4.78 is 16.3. The van der Waals surface area contributed by atoms with Gasteiger partial charge in [-0.2, -0.15) is 0 Å². The van der Waals surface area contributed by atoms with Crippen molar-refractivity contribution in [2.75, 3.05) is 20.0 Å². The van der Waals surface area contributed by atoms with Crippen LogP contribution in [0.3, 0.4) is 0 Å². The highest BCUT2D eigenvalue weighted by Crippen LogP contribution is 2.35. The van der Waals surface area contributed by atoms with Gasteiger partial charge in [-0.15, -0.1) is 0 Å². The summed E-state index contributed by atoms with van der Waals surface area (Å²) >= 11 is 0. The first kappa shape index (κ1) is 17.7. The minimum absolute atomic E-state index is 0.274. The normalized spacial score (nSPS) is 20.0. The van der Waals surface area contributed by atoms with Gasteiger partial charge in [0.05, 0.1) is 0 Å². The third-order valence-corrected chi connectivity index (χ3v) is 5.21. The van der Waals surface area contributed by atoms with Gasteiger partial charge in [-0.05, 0) is 43.5 Å². The monoisotopic (exact) mass is 367 g/mol. The van der Waals surface area contributed by atoms with E-state index in [2.05, 4.69) is 29.8 Å². The van der Waals surface area contributed by atoms with Crippen molar-refractivity contribution in [2.45, 2.75) is 32.4 Å². The molecule has 6 heteroatoms. The fraction of sp³-hybridized carbons (Fsp3) is 0.381. The van der Waals surface area contributed by atoms with E-state index >= 15 is 0 Å². The first-order valence-electron chi connectivity index (χ1n) is 9.28. The molecule has 0 aliphatic carbocycles. The minimum Gasteiger partial charge on any atom is -0.454 e. The molecule has 0 saturated carbocycles. The lowest BCUT2D eigenvalue weighted by molar-refractivity contribution is 0.0805. The van der Waals surface area contributed by atoms with E-state index in [4.69, 9.17) is 19.6 Å². The lowest BCUT2D eigenvalue weighted by Gasteiger charge is -2.34. The van der Waals surface area contributed by atoms with E-state index in [0.29, 0.717) is 12.6 Å². The summed E-state index contributed by atoms with van der Waals surface area (Å²) in [7, 11) is 0. The second kappa shape index (κ2) is 7.48. The number of hydrogen-bond acceptors (Lipinski definition) is 6. The molecule has 1 saturated heterocycles. The highest BCUT2D eigenvalue weighted by atomic mass is 16.7. The van der Waals surface area contributed by atoms with Crippen molar-refractivity contribution in [1.82, 2.24) is 10.2 Å². The van der Waals surface area contributed by atoms with Crippen LogP contribution in [0.25, 0.3) is 0 Å². The molecular formula is C21H25N3O3. The quantitative estimate of drug-likeness (QED) is 0.782. The topological polar surface area (TPSA) is 66.8 Å². The third kappa shape index (κ3) is 3.57. The van der Waals surface area contributed by atoms with E-state index in [1.807, 2.05) is 18.2 Å². The maximum Gasteiger partial charge on any atom is 0.231 e. The van der Waals surface area contributed by atoms with Crippen LogP contribution in [0.1, 0.15) is 25.3 Å². The van der Waals surface area contributed by atoms with E-state index in [9.17, 15) is 0 Å².